The highest BCUT2D eigenvalue weighted by molar-refractivity contribution is 5.94. The highest BCUT2D eigenvalue weighted by Gasteiger charge is 2.09. The van der Waals surface area contributed by atoms with Crippen LogP contribution in [0.3, 0.4) is 0 Å². The van der Waals surface area contributed by atoms with Crippen LogP contribution in [0.5, 0.6) is 5.75 Å². The van der Waals surface area contributed by atoms with Crippen molar-refractivity contribution in [2.75, 3.05) is 5.32 Å². The SMILES string of the molecule is CC(C)Oc1ccc(Nc2cc(C(=O)NCc3ccccc3F)ccn2)cc1. The Morgan fingerprint density at radius 3 is 2.57 bits per heavy atom. The van der Waals surface area contributed by atoms with E-state index in [0.717, 1.165) is 11.4 Å². The Kier molecular flexibility index (Phi) is 6.22. The summed E-state index contributed by atoms with van der Waals surface area (Å²) >= 11 is 0. The van der Waals surface area contributed by atoms with Crippen molar-refractivity contribution >= 4 is 17.4 Å². The molecular weight excluding hydrogens is 357 g/mol. The van der Waals surface area contributed by atoms with Crippen molar-refractivity contribution in [1.29, 1.82) is 0 Å². The summed E-state index contributed by atoms with van der Waals surface area (Å²) in [6, 6.07) is 17.1. The average Bonchev–Trinajstić information content (AvgIpc) is 2.68. The molecule has 5 nitrogen and oxygen atoms in total. The second-order valence-corrected chi connectivity index (χ2v) is 6.52. The van der Waals surface area contributed by atoms with Crippen LogP contribution in [0.15, 0.2) is 66.9 Å². The third kappa shape index (κ3) is 5.30. The highest BCUT2D eigenvalue weighted by atomic mass is 19.1. The van der Waals surface area contributed by atoms with Crippen LogP contribution >= 0.6 is 0 Å². The predicted molar refractivity (Wildman–Crippen MR) is 107 cm³/mol. The third-order valence-corrected chi connectivity index (χ3v) is 3.92. The summed E-state index contributed by atoms with van der Waals surface area (Å²) in [7, 11) is 0. The second-order valence-electron chi connectivity index (χ2n) is 6.52. The van der Waals surface area contributed by atoms with Gasteiger partial charge in [-0.05, 0) is 56.3 Å². The first-order chi connectivity index (χ1) is 13.5. The van der Waals surface area contributed by atoms with Gasteiger partial charge in [-0.1, -0.05) is 18.2 Å². The van der Waals surface area contributed by atoms with Crippen molar-refractivity contribution < 1.29 is 13.9 Å². The fraction of sp³-hybridized carbons (Fsp3) is 0.182. The number of aromatic nitrogens is 1. The molecule has 1 heterocycles. The maximum absolute atomic E-state index is 13.7. The maximum atomic E-state index is 13.7. The first-order valence-corrected chi connectivity index (χ1v) is 9.02. The van der Waals surface area contributed by atoms with E-state index in [9.17, 15) is 9.18 Å². The Bertz CT molecular complexity index is 943. The molecule has 144 valence electrons. The molecule has 0 aliphatic rings. The number of rotatable bonds is 7. The van der Waals surface area contributed by atoms with E-state index in [1.165, 1.54) is 6.07 Å². The smallest absolute Gasteiger partial charge is 0.251 e. The molecular formula is C22H22FN3O2. The normalized spacial score (nSPS) is 10.6. The maximum Gasteiger partial charge on any atom is 0.251 e. The van der Waals surface area contributed by atoms with E-state index in [0.29, 0.717) is 16.9 Å². The van der Waals surface area contributed by atoms with Gasteiger partial charge >= 0.3 is 0 Å². The van der Waals surface area contributed by atoms with Gasteiger partial charge in [-0.15, -0.1) is 0 Å². The quantitative estimate of drug-likeness (QED) is 0.626. The number of hydrogen-bond acceptors (Lipinski definition) is 4. The first kappa shape index (κ1) is 19.4. The summed E-state index contributed by atoms with van der Waals surface area (Å²) in [4.78, 5) is 16.6. The van der Waals surface area contributed by atoms with E-state index in [-0.39, 0.29) is 24.4 Å². The number of anilines is 2. The average molecular weight is 379 g/mol. The zero-order valence-electron chi connectivity index (χ0n) is 15.8. The lowest BCUT2D eigenvalue weighted by molar-refractivity contribution is 0.0950. The van der Waals surface area contributed by atoms with Crippen LogP contribution in [0.25, 0.3) is 0 Å². The van der Waals surface area contributed by atoms with Gasteiger partial charge in [0.15, 0.2) is 0 Å². The molecule has 28 heavy (non-hydrogen) atoms. The van der Waals surface area contributed by atoms with E-state index in [4.69, 9.17) is 4.74 Å². The van der Waals surface area contributed by atoms with Crippen LogP contribution in [-0.4, -0.2) is 17.0 Å². The van der Waals surface area contributed by atoms with E-state index in [1.54, 1.807) is 36.5 Å². The molecule has 2 N–H and O–H groups in total. The van der Waals surface area contributed by atoms with Gasteiger partial charge in [0.1, 0.15) is 17.4 Å². The summed E-state index contributed by atoms with van der Waals surface area (Å²) in [6.07, 6.45) is 1.66. The molecule has 0 fully saturated rings. The molecule has 6 heteroatoms. The zero-order chi connectivity index (χ0) is 19.9. The number of benzene rings is 2. The summed E-state index contributed by atoms with van der Waals surface area (Å²) in [5, 5.41) is 5.88. The number of nitrogens with zero attached hydrogens (tertiary/aromatic N) is 1. The number of hydrogen-bond donors (Lipinski definition) is 2. The number of ether oxygens (including phenoxy) is 1. The summed E-state index contributed by atoms with van der Waals surface area (Å²) < 4.78 is 19.3. The lowest BCUT2D eigenvalue weighted by Gasteiger charge is -2.11. The molecule has 0 aliphatic carbocycles. The van der Waals surface area contributed by atoms with Crippen LogP contribution in [0.1, 0.15) is 29.8 Å². The Morgan fingerprint density at radius 2 is 1.86 bits per heavy atom. The van der Waals surface area contributed by atoms with Crippen molar-refractivity contribution in [3.63, 3.8) is 0 Å². The molecule has 0 aliphatic heterocycles. The minimum Gasteiger partial charge on any atom is -0.491 e. The summed E-state index contributed by atoms with van der Waals surface area (Å²) in [5.41, 5.74) is 1.70. The van der Waals surface area contributed by atoms with Gasteiger partial charge in [0.05, 0.1) is 6.10 Å². The fourth-order valence-corrected chi connectivity index (χ4v) is 2.60. The van der Waals surface area contributed by atoms with Gasteiger partial charge in [-0.3, -0.25) is 4.79 Å². The number of carbonyl (C=O) groups excluding carboxylic acids is 1. The van der Waals surface area contributed by atoms with Gasteiger partial charge in [-0.2, -0.15) is 0 Å². The summed E-state index contributed by atoms with van der Waals surface area (Å²) in [5.74, 6) is 0.685. The number of amides is 1. The van der Waals surface area contributed by atoms with E-state index in [1.807, 2.05) is 38.1 Å². The Balaban J connectivity index is 1.63. The van der Waals surface area contributed by atoms with E-state index < -0.39 is 0 Å². The van der Waals surface area contributed by atoms with Gasteiger partial charge < -0.3 is 15.4 Å². The third-order valence-electron chi connectivity index (χ3n) is 3.92. The topological polar surface area (TPSA) is 63.2 Å². The van der Waals surface area contributed by atoms with Crippen LogP contribution in [0, 0.1) is 5.82 Å². The minimum atomic E-state index is -0.343. The van der Waals surface area contributed by atoms with Crippen molar-refractivity contribution in [2.24, 2.45) is 0 Å². The molecule has 0 saturated carbocycles. The number of carbonyl (C=O) groups is 1. The predicted octanol–water partition coefficient (Wildman–Crippen LogP) is 4.68. The van der Waals surface area contributed by atoms with Crippen molar-refractivity contribution in [1.82, 2.24) is 10.3 Å². The van der Waals surface area contributed by atoms with Gasteiger partial charge in [-0.25, -0.2) is 9.37 Å². The fourth-order valence-electron chi connectivity index (χ4n) is 2.60. The number of pyridine rings is 1. The van der Waals surface area contributed by atoms with Gasteiger partial charge in [0, 0.05) is 29.6 Å². The van der Waals surface area contributed by atoms with Gasteiger partial charge in [0.25, 0.3) is 5.91 Å². The monoisotopic (exact) mass is 379 g/mol. The molecule has 0 unspecified atom stereocenters. The van der Waals surface area contributed by atoms with Crippen molar-refractivity contribution in [3.05, 3.63) is 83.8 Å². The molecule has 3 aromatic rings. The molecule has 0 bridgehead atoms. The van der Waals surface area contributed by atoms with Crippen LogP contribution in [0.4, 0.5) is 15.9 Å². The standard InChI is InChI=1S/C22H22FN3O2/c1-15(2)28-19-9-7-18(8-10-19)26-21-13-16(11-12-24-21)22(27)25-14-17-5-3-4-6-20(17)23/h3-13,15H,14H2,1-2H3,(H,24,26)(H,25,27). The largest absolute Gasteiger partial charge is 0.491 e. The lowest BCUT2D eigenvalue weighted by atomic mass is 10.2. The molecule has 0 radical (unpaired) electrons. The highest BCUT2D eigenvalue weighted by Crippen LogP contribution is 2.20. The Hall–Kier alpha value is -3.41. The van der Waals surface area contributed by atoms with Gasteiger partial charge in [0.2, 0.25) is 0 Å². The van der Waals surface area contributed by atoms with Crippen LogP contribution in [-0.2, 0) is 6.54 Å². The molecule has 3 rings (SSSR count). The molecule has 2 aromatic carbocycles. The zero-order valence-corrected chi connectivity index (χ0v) is 15.8. The van der Waals surface area contributed by atoms with Crippen LogP contribution < -0.4 is 15.4 Å². The van der Waals surface area contributed by atoms with E-state index in [2.05, 4.69) is 15.6 Å². The first-order valence-electron chi connectivity index (χ1n) is 9.02. The van der Waals surface area contributed by atoms with Crippen molar-refractivity contribution in [2.45, 2.75) is 26.5 Å². The molecule has 0 saturated heterocycles. The lowest BCUT2D eigenvalue weighted by Crippen LogP contribution is -2.23. The second kappa shape index (κ2) is 8.99. The summed E-state index contributed by atoms with van der Waals surface area (Å²) in [6.45, 7) is 4.06. The van der Waals surface area contributed by atoms with Crippen molar-refractivity contribution in [3.8, 4) is 5.75 Å². The number of halogens is 1. The number of nitrogens with one attached hydrogen (secondary N) is 2. The molecule has 1 amide bonds. The molecule has 0 atom stereocenters. The van der Waals surface area contributed by atoms with E-state index >= 15 is 0 Å². The van der Waals surface area contributed by atoms with Crippen LogP contribution in [0.2, 0.25) is 0 Å². The minimum absolute atomic E-state index is 0.111. The Morgan fingerprint density at radius 1 is 1.11 bits per heavy atom. The molecule has 0 spiro atoms. The molecule has 1 aromatic heterocycles. The Labute approximate surface area is 163 Å².